The van der Waals surface area contributed by atoms with Crippen LogP contribution in [0.4, 0.5) is 5.69 Å². The van der Waals surface area contributed by atoms with Gasteiger partial charge in [0.25, 0.3) is 5.69 Å². The van der Waals surface area contributed by atoms with Gasteiger partial charge in [-0.3, -0.25) is 10.1 Å². The van der Waals surface area contributed by atoms with E-state index in [1.165, 1.54) is 6.07 Å². The van der Waals surface area contributed by atoms with Gasteiger partial charge in [0.1, 0.15) is 0 Å². The second-order valence-electron chi connectivity index (χ2n) is 3.27. The highest BCUT2D eigenvalue weighted by atomic mass is 16.6. The summed E-state index contributed by atoms with van der Waals surface area (Å²) in [7, 11) is 3.78. The lowest BCUT2D eigenvalue weighted by Gasteiger charge is -1.90. The summed E-state index contributed by atoms with van der Waals surface area (Å²) in [5.74, 6) is 0. The number of rotatable bonds is 1. The number of benzene rings is 1. The van der Waals surface area contributed by atoms with E-state index in [9.17, 15) is 10.1 Å². The van der Waals surface area contributed by atoms with Gasteiger partial charge in [0.15, 0.2) is 11.0 Å². The van der Waals surface area contributed by atoms with E-state index in [2.05, 4.69) is 0 Å². The highest BCUT2D eigenvalue weighted by molar-refractivity contribution is 5.74. The molecule has 0 atom stereocenters. The smallest absolute Gasteiger partial charge is 0.258 e. The van der Waals surface area contributed by atoms with E-state index in [1.807, 2.05) is 29.6 Å². The van der Waals surface area contributed by atoms with Crippen LogP contribution in [0.5, 0.6) is 0 Å². The third-order valence-electron chi connectivity index (χ3n) is 2.28. The minimum absolute atomic E-state index is 0.124. The first-order chi connectivity index (χ1) is 6.59. The molecule has 0 aliphatic heterocycles. The summed E-state index contributed by atoms with van der Waals surface area (Å²) < 4.78 is 3.79. The molecule has 1 aromatic carbocycles. The van der Waals surface area contributed by atoms with Crippen LogP contribution in [0, 0.1) is 10.1 Å². The molecule has 0 amide bonds. The average molecular weight is 192 g/mol. The number of imidazole rings is 1. The van der Waals surface area contributed by atoms with E-state index in [-0.39, 0.29) is 10.6 Å². The number of aromatic nitrogens is 2. The molecule has 0 saturated carbocycles. The van der Waals surface area contributed by atoms with E-state index in [0.29, 0.717) is 0 Å². The van der Waals surface area contributed by atoms with Crippen LogP contribution < -0.4 is 4.57 Å². The molecule has 0 spiro atoms. The highest BCUT2D eigenvalue weighted by Gasteiger charge is 2.14. The molecule has 72 valence electrons. The fourth-order valence-corrected chi connectivity index (χ4v) is 1.59. The van der Waals surface area contributed by atoms with E-state index in [0.717, 1.165) is 11.0 Å². The van der Waals surface area contributed by atoms with Crippen LogP contribution in [-0.4, -0.2) is 9.49 Å². The van der Waals surface area contributed by atoms with Crippen molar-refractivity contribution in [3.05, 3.63) is 34.6 Å². The topological polar surface area (TPSA) is 52.0 Å². The van der Waals surface area contributed by atoms with Crippen molar-refractivity contribution in [2.45, 2.75) is 0 Å². The normalized spacial score (nSPS) is 10.7. The van der Waals surface area contributed by atoms with Gasteiger partial charge in [-0.1, -0.05) is 0 Å². The van der Waals surface area contributed by atoms with Crippen LogP contribution in [0.3, 0.4) is 0 Å². The Kier molecular flexibility index (Phi) is 1.73. The van der Waals surface area contributed by atoms with Crippen LogP contribution in [-0.2, 0) is 14.1 Å². The zero-order chi connectivity index (χ0) is 10.3. The van der Waals surface area contributed by atoms with Crippen LogP contribution >= 0.6 is 0 Å². The monoisotopic (exact) mass is 192 g/mol. The van der Waals surface area contributed by atoms with Crippen LogP contribution in [0.1, 0.15) is 0 Å². The van der Waals surface area contributed by atoms with E-state index >= 15 is 0 Å². The van der Waals surface area contributed by atoms with Gasteiger partial charge < -0.3 is 0 Å². The van der Waals surface area contributed by atoms with Crippen molar-refractivity contribution in [1.29, 1.82) is 0 Å². The predicted octanol–water partition coefficient (Wildman–Crippen LogP) is 0.911. The summed E-state index contributed by atoms with van der Waals surface area (Å²) in [5.41, 5.74) is 1.97. The Morgan fingerprint density at radius 2 is 2.21 bits per heavy atom. The average Bonchev–Trinajstić information content (AvgIpc) is 2.42. The zero-order valence-corrected chi connectivity index (χ0v) is 7.97. The molecule has 0 radical (unpaired) electrons. The summed E-state index contributed by atoms with van der Waals surface area (Å²) in [6.45, 7) is 0. The van der Waals surface area contributed by atoms with Crippen molar-refractivity contribution >= 4 is 16.7 Å². The minimum atomic E-state index is -0.382. The maximum atomic E-state index is 10.6. The number of nitro groups is 1. The Morgan fingerprint density at radius 3 is 2.86 bits per heavy atom. The van der Waals surface area contributed by atoms with E-state index in [1.54, 1.807) is 12.1 Å². The Morgan fingerprint density at radius 1 is 1.50 bits per heavy atom. The van der Waals surface area contributed by atoms with E-state index < -0.39 is 0 Å². The third kappa shape index (κ3) is 1.14. The van der Waals surface area contributed by atoms with Gasteiger partial charge in [0.2, 0.25) is 6.33 Å². The molecule has 5 nitrogen and oxygen atoms in total. The van der Waals surface area contributed by atoms with Crippen molar-refractivity contribution in [3.63, 3.8) is 0 Å². The Balaban J connectivity index is 2.77. The van der Waals surface area contributed by atoms with Gasteiger partial charge in [0, 0.05) is 6.07 Å². The summed E-state index contributed by atoms with van der Waals surface area (Å²) in [4.78, 5) is 10.2. The van der Waals surface area contributed by atoms with Gasteiger partial charge in [-0.25, -0.2) is 9.13 Å². The Bertz CT molecular complexity index is 516. The molecule has 2 aromatic rings. The minimum Gasteiger partial charge on any atom is -0.258 e. The molecular weight excluding hydrogens is 182 g/mol. The fraction of sp³-hybridized carbons (Fsp3) is 0.222. The number of nitro benzene ring substituents is 1. The molecule has 0 bridgehead atoms. The number of hydrogen-bond acceptors (Lipinski definition) is 2. The quantitative estimate of drug-likeness (QED) is 0.383. The number of fused-ring (bicyclic) bond motifs is 1. The van der Waals surface area contributed by atoms with Gasteiger partial charge in [-0.2, -0.15) is 0 Å². The SMILES string of the molecule is Cn1c[n+](C)c2ccc([N+](=O)[O-])cc21. The predicted molar refractivity (Wildman–Crippen MR) is 50.7 cm³/mol. The maximum Gasteiger partial charge on any atom is 0.273 e. The summed E-state index contributed by atoms with van der Waals surface area (Å²) in [6.07, 6.45) is 1.88. The van der Waals surface area contributed by atoms with Crippen molar-refractivity contribution < 1.29 is 9.49 Å². The van der Waals surface area contributed by atoms with Gasteiger partial charge in [0.05, 0.1) is 25.1 Å². The second kappa shape index (κ2) is 2.80. The lowest BCUT2D eigenvalue weighted by Crippen LogP contribution is -2.25. The van der Waals surface area contributed by atoms with Crippen molar-refractivity contribution in [1.82, 2.24) is 4.57 Å². The molecular formula is C9H10N3O2+. The largest absolute Gasteiger partial charge is 0.273 e. The summed E-state index contributed by atoms with van der Waals surface area (Å²) in [5, 5.41) is 10.6. The van der Waals surface area contributed by atoms with Gasteiger partial charge in [-0.15, -0.1) is 0 Å². The molecule has 2 rings (SSSR count). The molecule has 0 N–H and O–H groups in total. The van der Waals surface area contributed by atoms with E-state index in [4.69, 9.17) is 0 Å². The van der Waals surface area contributed by atoms with Crippen LogP contribution in [0.2, 0.25) is 0 Å². The van der Waals surface area contributed by atoms with Crippen molar-refractivity contribution in [3.8, 4) is 0 Å². The number of hydrogen-bond donors (Lipinski definition) is 0. The molecule has 0 saturated heterocycles. The molecule has 0 unspecified atom stereocenters. The van der Waals surface area contributed by atoms with Gasteiger partial charge >= 0.3 is 0 Å². The highest BCUT2D eigenvalue weighted by Crippen LogP contribution is 2.17. The van der Waals surface area contributed by atoms with Gasteiger partial charge in [-0.05, 0) is 6.07 Å². The molecule has 14 heavy (non-hydrogen) atoms. The first-order valence-corrected chi connectivity index (χ1v) is 4.18. The van der Waals surface area contributed by atoms with Crippen LogP contribution in [0.15, 0.2) is 24.5 Å². The molecule has 1 aromatic heterocycles. The Hall–Kier alpha value is -1.91. The number of non-ortho nitro benzene ring substituents is 1. The number of nitrogens with zero attached hydrogens (tertiary/aromatic N) is 3. The summed E-state index contributed by atoms with van der Waals surface area (Å²) >= 11 is 0. The Labute approximate surface area is 80.3 Å². The molecule has 5 heteroatoms. The standard InChI is InChI=1S/C9H10N3O2/c1-10-6-11(2)9-5-7(12(13)14)3-4-8(9)10/h3-6H,1-2H3/q+1. The fourth-order valence-electron chi connectivity index (χ4n) is 1.59. The molecule has 0 fully saturated rings. The number of aryl methyl sites for hydroxylation is 2. The molecule has 0 aliphatic carbocycles. The lowest BCUT2D eigenvalue weighted by atomic mass is 10.3. The first kappa shape index (κ1) is 8.68. The summed E-state index contributed by atoms with van der Waals surface area (Å²) in [6, 6.07) is 4.85. The van der Waals surface area contributed by atoms with Crippen molar-refractivity contribution in [2.24, 2.45) is 14.1 Å². The maximum absolute atomic E-state index is 10.6. The third-order valence-corrected chi connectivity index (χ3v) is 2.28. The lowest BCUT2D eigenvalue weighted by molar-refractivity contribution is -0.645. The van der Waals surface area contributed by atoms with Crippen LogP contribution in [0.25, 0.3) is 11.0 Å². The first-order valence-electron chi connectivity index (χ1n) is 4.18. The molecule has 1 heterocycles. The second-order valence-corrected chi connectivity index (χ2v) is 3.27. The van der Waals surface area contributed by atoms with Crippen molar-refractivity contribution in [2.75, 3.05) is 0 Å². The molecule has 0 aliphatic rings. The zero-order valence-electron chi connectivity index (χ0n) is 7.97.